The Labute approximate surface area is 197 Å². The van der Waals surface area contributed by atoms with Gasteiger partial charge in [0.1, 0.15) is 10.6 Å². The second kappa shape index (κ2) is 9.77. The number of anilines is 2. The number of piperazine rings is 1. The molecule has 1 aliphatic rings. The van der Waals surface area contributed by atoms with Gasteiger partial charge in [0.15, 0.2) is 0 Å². The third-order valence-corrected chi connectivity index (χ3v) is 7.45. The monoisotopic (exact) mass is 486 g/mol. The number of benzene rings is 1. The van der Waals surface area contributed by atoms with Gasteiger partial charge in [-0.15, -0.1) is 0 Å². The van der Waals surface area contributed by atoms with Crippen LogP contribution in [0.15, 0.2) is 46.1 Å². The predicted molar refractivity (Wildman–Crippen MR) is 125 cm³/mol. The summed E-state index contributed by atoms with van der Waals surface area (Å²) in [5.74, 6) is 0.661. The summed E-state index contributed by atoms with van der Waals surface area (Å²) in [6.45, 7) is 4.74. The van der Waals surface area contributed by atoms with E-state index in [1.807, 2.05) is 11.8 Å². The molecule has 1 aromatic carbocycles. The number of aromatic nitrogens is 3. The van der Waals surface area contributed by atoms with Crippen LogP contribution in [-0.4, -0.2) is 67.0 Å². The molecule has 180 valence electrons. The lowest BCUT2D eigenvalue weighted by molar-refractivity contribution is -0.114. The average Bonchev–Trinajstić information content (AvgIpc) is 3.26. The van der Waals surface area contributed by atoms with Crippen LogP contribution in [0.5, 0.6) is 5.75 Å². The molecule has 0 atom stereocenters. The van der Waals surface area contributed by atoms with E-state index in [4.69, 9.17) is 9.26 Å². The van der Waals surface area contributed by atoms with Gasteiger partial charge in [-0.25, -0.2) is 18.4 Å². The van der Waals surface area contributed by atoms with Crippen LogP contribution in [-0.2, 0) is 21.2 Å². The van der Waals surface area contributed by atoms with E-state index in [0.717, 1.165) is 0 Å². The highest BCUT2D eigenvalue weighted by molar-refractivity contribution is 7.89. The van der Waals surface area contributed by atoms with E-state index in [-0.39, 0.29) is 35.5 Å². The van der Waals surface area contributed by atoms with Gasteiger partial charge in [-0.2, -0.15) is 4.31 Å². The van der Waals surface area contributed by atoms with E-state index >= 15 is 0 Å². The highest BCUT2D eigenvalue weighted by atomic mass is 32.2. The molecule has 1 saturated heterocycles. The highest BCUT2D eigenvalue weighted by Gasteiger charge is 2.32. The molecule has 1 amide bonds. The highest BCUT2D eigenvalue weighted by Crippen LogP contribution is 2.37. The molecule has 2 aromatic heterocycles. The SMILES string of the molecule is CCc1noc(NC(C)=O)c1-c1ccc(OC)c(S(=O)(=O)N2CCN(c3ncccn3)CC2)c1. The summed E-state index contributed by atoms with van der Waals surface area (Å²) in [5.41, 5.74) is 1.70. The minimum atomic E-state index is -3.88. The van der Waals surface area contributed by atoms with Gasteiger partial charge in [0.05, 0.1) is 18.4 Å². The van der Waals surface area contributed by atoms with Gasteiger partial charge in [0.2, 0.25) is 27.8 Å². The van der Waals surface area contributed by atoms with E-state index in [0.29, 0.717) is 42.3 Å². The largest absolute Gasteiger partial charge is 0.495 e. The molecule has 1 N–H and O–H groups in total. The number of carbonyl (C=O) groups excluding carboxylic acids is 1. The third kappa shape index (κ3) is 4.59. The first-order valence-electron chi connectivity index (χ1n) is 10.8. The van der Waals surface area contributed by atoms with Crippen molar-refractivity contribution in [3.05, 3.63) is 42.4 Å². The van der Waals surface area contributed by atoms with Crippen molar-refractivity contribution >= 4 is 27.8 Å². The Morgan fingerprint density at radius 2 is 1.88 bits per heavy atom. The second-order valence-corrected chi connectivity index (χ2v) is 9.58. The quantitative estimate of drug-likeness (QED) is 0.534. The van der Waals surface area contributed by atoms with Crippen LogP contribution in [0.3, 0.4) is 0 Å². The summed E-state index contributed by atoms with van der Waals surface area (Å²) >= 11 is 0. The van der Waals surface area contributed by atoms with Crippen LogP contribution >= 0.6 is 0 Å². The molecule has 3 aromatic rings. The maximum Gasteiger partial charge on any atom is 0.246 e. The van der Waals surface area contributed by atoms with Gasteiger partial charge in [-0.3, -0.25) is 10.1 Å². The Morgan fingerprint density at radius 3 is 2.50 bits per heavy atom. The van der Waals surface area contributed by atoms with E-state index in [9.17, 15) is 13.2 Å². The van der Waals surface area contributed by atoms with Crippen molar-refractivity contribution in [3.8, 4) is 16.9 Å². The number of aryl methyl sites for hydroxylation is 1. The standard InChI is InChI=1S/C22H26N6O5S/c1-4-17-20(21(33-26-17)25-15(2)29)16-6-7-18(32-3)19(14-16)34(30,31)28-12-10-27(11-13-28)22-23-8-5-9-24-22/h5-9,14H,4,10-13H2,1-3H3,(H,25,29). The number of hydrogen-bond donors (Lipinski definition) is 1. The molecule has 34 heavy (non-hydrogen) atoms. The Balaban J connectivity index is 1.66. The lowest BCUT2D eigenvalue weighted by Gasteiger charge is -2.34. The lowest BCUT2D eigenvalue weighted by Crippen LogP contribution is -2.49. The Bertz CT molecular complexity index is 1270. The molecule has 0 radical (unpaired) electrons. The first-order valence-corrected chi connectivity index (χ1v) is 12.3. The summed E-state index contributed by atoms with van der Waals surface area (Å²) in [4.78, 5) is 22.1. The first-order chi connectivity index (χ1) is 16.3. The van der Waals surface area contributed by atoms with Crippen LogP contribution in [0.2, 0.25) is 0 Å². The second-order valence-electron chi connectivity index (χ2n) is 7.67. The minimum Gasteiger partial charge on any atom is -0.495 e. The topological polar surface area (TPSA) is 131 Å². The van der Waals surface area contributed by atoms with E-state index in [1.165, 1.54) is 24.4 Å². The normalized spacial score (nSPS) is 14.7. The maximum atomic E-state index is 13.6. The number of nitrogens with one attached hydrogen (secondary N) is 1. The number of methoxy groups -OCH3 is 1. The molecule has 0 saturated carbocycles. The maximum absolute atomic E-state index is 13.6. The molecule has 3 heterocycles. The first kappa shape index (κ1) is 23.6. The lowest BCUT2D eigenvalue weighted by atomic mass is 10.0. The molecule has 1 aliphatic heterocycles. The fraction of sp³-hybridized carbons (Fsp3) is 0.364. The molecule has 0 aliphatic carbocycles. The molecule has 0 spiro atoms. The molecule has 1 fully saturated rings. The van der Waals surface area contributed by atoms with Crippen molar-refractivity contribution in [1.29, 1.82) is 0 Å². The molecular formula is C22H26N6O5S. The van der Waals surface area contributed by atoms with Crippen molar-refractivity contribution in [1.82, 2.24) is 19.4 Å². The fourth-order valence-electron chi connectivity index (χ4n) is 3.86. The van der Waals surface area contributed by atoms with Crippen LogP contribution in [0.25, 0.3) is 11.1 Å². The number of carbonyl (C=O) groups is 1. The van der Waals surface area contributed by atoms with Crippen molar-refractivity contribution < 1.29 is 22.5 Å². The Hall–Kier alpha value is -3.51. The summed E-state index contributed by atoms with van der Waals surface area (Å²) in [5, 5.41) is 6.65. The molecule has 12 heteroatoms. The number of rotatable bonds is 7. The van der Waals surface area contributed by atoms with Crippen molar-refractivity contribution in [3.63, 3.8) is 0 Å². The Kier molecular flexibility index (Phi) is 6.80. The third-order valence-electron chi connectivity index (χ3n) is 5.53. The molecule has 4 rings (SSSR count). The number of amides is 1. The van der Waals surface area contributed by atoms with Crippen LogP contribution < -0.4 is 15.0 Å². The summed E-state index contributed by atoms with van der Waals surface area (Å²) in [6.07, 6.45) is 3.86. The summed E-state index contributed by atoms with van der Waals surface area (Å²) in [7, 11) is -2.45. The van der Waals surface area contributed by atoms with Crippen LogP contribution in [0, 0.1) is 0 Å². The number of sulfonamides is 1. The number of ether oxygens (including phenoxy) is 1. The molecular weight excluding hydrogens is 460 g/mol. The minimum absolute atomic E-state index is 0.0361. The van der Waals surface area contributed by atoms with E-state index in [2.05, 4.69) is 20.4 Å². The number of nitrogens with zero attached hydrogens (tertiary/aromatic N) is 5. The van der Waals surface area contributed by atoms with Gasteiger partial charge in [0, 0.05) is 45.5 Å². The Morgan fingerprint density at radius 1 is 1.18 bits per heavy atom. The fourth-order valence-corrected chi connectivity index (χ4v) is 5.47. The van der Waals surface area contributed by atoms with E-state index in [1.54, 1.807) is 30.6 Å². The van der Waals surface area contributed by atoms with Crippen molar-refractivity contribution in [2.75, 3.05) is 43.5 Å². The predicted octanol–water partition coefficient (Wildman–Crippen LogP) is 2.17. The molecule has 0 bridgehead atoms. The van der Waals surface area contributed by atoms with Gasteiger partial charge in [-0.05, 0) is 30.2 Å². The van der Waals surface area contributed by atoms with Gasteiger partial charge < -0.3 is 14.2 Å². The van der Waals surface area contributed by atoms with Crippen LogP contribution in [0.4, 0.5) is 11.8 Å². The molecule has 0 unspecified atom stereocenters. The van der Waals surface area contributed by atoms with Gasteiger partial charge >= 0.3 is 0 Å². The van der Waals surface area contributed by atoms with E-state index < -0.39 is 10.0 Å². The molecule has 11 nitrogen and oxygen atoms in total. The number of hydrogen-bond acceptors (Lipinski definition) is 9. The zero-order chi connectivity index (χ0) is 24.3. The van der Waals surface area contributed by atoms with Crippen LogP contribution in [0.1, 0.15) is 19.5 Å². The smallest absolute Gasteiger partial charge is 0.246 e. The van der Waals surface area contributed by atoms with Crippen molar-refractivity contribution in [2.45, 2.75) is 25.2 Å². The summed E-state index contributed by atoms with van der Waals surface area (Å²) < 4.78 is 39.4. The van der Waals surface area contributed by atoms with Crippen molar-refractivity contribution in [2.24, 2.45) is 0 Å². The van der Waals surface area contributed by atoms with Gasteiger partial charge in [-0.1, -0.05) is 18.1 Å². The summed E-state index contributed by atoms with van der Waals surface area (Å²) in [6, 6.07) is 6.60. The zero-order valence-electron chi connectivity index (χ0n) is 19.2. The zero-order valence-corrected chi connectivity index (χ0v) is 20.0. The average molecular weight is 487 g/mol. The van der Waals surface area contributed by atoms with Gasteiger partial charge in [0.25, 0.3) is 0 Å².